The maximum atomic E-state index is 3.48. The minimum Gasteiger partial charge on any atom is -0.317 e. The van der Waals surface area contributed by atoms with Gasteiger partial charge in [0.05, 0.1) is 0 Å². The lowest BCUT2D eigenvalue weighted by molar-refractivity contribution is 0.200. The maximum absolute atomic E-state index is 3.48. The van der Waals surface area contributed by atoms with E-state index in [2.05, 4.69) is 38.0 Å². The molecule has 1 aliphatic rings. The smallest absolute Gasteiger partial charge is 0.00928 e. The zero-order valence-electron chi connectivity index (χ0n) is 11.6. The topological polar surface area (TPSA) is 15.3 Å². The molecule has 16 heavy (non-hydrogen) atoms. The van der Waals surface area contributed by atoms with Crippen molar-refractivity contribution in [2.24, 2.45) is 5.92 Å². The second-order valence-corrected chi connectivity index (χ2v) is 5.50. The Labute approximate surface area is 102 Å². The average Bonchev–Trinajstić information content (AvgIpc) is 2.71. The first-order valence-electron chi connectivity index (χ1n) is 7.10. The highest BCUT2D eigenvalue weighted by atomic mass is 15.1. The molecule has 2 atom stereocenters. The van der Waals surface area contributed by atoms with Crippen LogP contribution in [0.25, 0.3) is 0 Å². The summed E-state index contributed by atoms with van der Waals surface area (Å²) in [6.07, 6.45) is 6.90. The largest absolute Gasteiger partial charge is 0.317 e. The molecule has 1 N–H and O–H groups in total. The first-order chi connectivity index (χ1) is 7.69. The van der Waals surface area contributed by atoms with Crippen LogP contribution < -0.4 is 5.32 Å². The molecule has 0 spiro atoms. The van der Waals surface area contributed by atoms with Crippen molar-refractivity contribution in [2.45, 2.75) is 65.0 Å². The van der Waals surface area contributed by atoms with E-state index in [1.54, 1.807) is 0 Å². The summed E-state index contributed by atoms with van der Waals surface area (Å²) >= 11 is 0. The lowest BCUT2D eigenvalue weighted by Gasteiger charge is -2.28. The van der Waals surface area contributed by atoms with Gasteiger partial charge >= 0.3 is 0 Å². The Morgan fingerprint density at radius 2 is 2.00 bits per heavy atom. The van der Waals surface area contributed by atoms with Gasteiger partial charge in [-0.3, -0.25) is 0 Å². The van der Waals surface area contributed by atoms with Gasteiger partial charge in [0.25, 0.3) is 0 Å². The van der Waals surface area contributed by atoms with Gasteiger partial charge < -0.3 is 10.2 Å². The van der Waals surface area contributed by atoms with Gasteiger partial charge in [-0.2, -0.15) is 0 Å². The van der Waals surface area contributed by atoms with E-state index >= 15 is 0 Å². The predicted molar refractivity (Wildman–Crippen MR) is 71.8 cm³/mol. The van der Waals surface area contributed by atoms with Gasteiger partial charge in [0, 0.05) is 12.1 Å². The average molecular weight is 226 g/mol. The SMILES string of the molecule is CCCN(CCC1CCCC1NC)C(C)C. The van der Waals surface area contributed by atoms with Crippen LogP contribution in [-0.2, 0) is 0 Å². The summed E-state index contributed by atoms with van der Waals surface area (Å²) in [5, 5.41) is 3.48. The van der Waals surface area contributed by atoms with Crippen molar-refractivity contribution < 1.29 is 0 Å². The normalized spacial score (nSPS) is 25.9. The van der Waals surface area contributed by atoms with Gasteiger partial charge in [0.2, 0.25) is 0 Å². The third-order valence-corrected chi connectivity index (χ3v) is 4.06. The van der Waals surface area contributed by atoms with Crippen LogP contribution in [0.2, 0.25) is 0 Å². The van der Waals surface area contributed by atoms with E-state index in [1.807, 2.05) is 0 Å². The van der Waals surface area contributed by atoms with Crippen LogP contribution in [0.4, 0.5) is 0 Å². The monoisotopic (exact) mass is 226 g/mol. The molecular weight excluding hydrogens is 196 g/mol. The van der Waals surface area contributed by atoms with Crippen molar-refractivity contribution in [1.29, 1.82) is 0 Å². The molecule has 96 valence electrons. The van der Waals surface area contributed by atoms with Crippen molar-refractivity contribution in [3.63, 3.8) is 0 Å². The van der Waals surface area contributed by atoms with Crippen molar-refractivity contribution in [3.8, 4) is 0 Å². The van der Waals surface area contributed by atoms with E-state index in [9.17, 15) is 0 Å². The van der Waals surface area contributed by atoms with Gasteiger partial charge in [-0.1, -0.05) is 13.3 Å². The Morgan fingerprint density at radius 1 is 1.25 bits per heavy atom. The molecule has 2 nitrogen and oxygen atoms in total. The fourth-order valence-electron chi connectivity index (χ4n) is 3.01. The molecule has 0 radical (unpaired) electrons. The molecule has 1 aliphatic carbocycles. The van der Waals surface area contributed by atoms with E-state index in [4.69, 9.17) is 0 Å². The Kier molecular flexibility index (Phi) is 6.37. The zero-order valence-corrected chi connectivity index (χ0v) is 11.6. The van der Waals surface area contributed by atoms with E-state index in [-0.39, 0.29) is 0 Å². The second-order valence-electron chi connectivity index (χ2n) is 5.50. The summed E-state index contributed by atoms with van der Waals surface area (Å²) < 4.78 is 0. The van der Waals surface area contributed by atoms with E-state index in [1.165, 1.54) is 45.2 Å². The maximum Gasteiger partial charge on any atom is 0.00928 e. The molecule has 1 saturated carbocycles. The summed E-state index contributed by atoms with van der Waals surface area (Å²) in [5.74, 6) is 0.920. The van der Waals surface area contributed by atoms with Crippen molar-refractivity contribution in [1.82, 2.24) is 10.2 Å². The highest BCUT2D eigenvalue weighted by Gasteiger charge is 2.26. The molecule has 0 bridgehead atoms. The van der Waals surface area contributed by atoms with Crippen molar-refractivity contribution in [2.75, 3.05) is 20.1 Å². The molecule has 2 unspecified atom stereocenters. The second kappa shape index (κ2) is 7.29. The summed E-state index contributed by atoms with van der Waals surface area (Å²) in [6, 6.07) is 1.49. The number of nitrogens with one attached hydrogen (secondary N) is 1. The van der Waals surface area contributed by atoms with Crippen LogP contribution in [0.3, 0.4) is 0 Å². The zero-order chi connectivity index (χ0) is 12.0. The molecule has 1 rings (SSSR count). The van der Waals surface area contributed by atoms with E-state index < -0.39 is 0 Å². The number of hydrogen-bond acceptors (Lipinski definition) is 2. The quantitative estimate of drug-likeness (QED) is 0.718. The van der Waals surface area contributed by atoms with Crippen molar-refractivity contribution in [3.05, 3.63) is 0 Å². The van der Waals surface area contributed by atoms with Crippen LogP contribution in [-0.4, -0.2) is 37.1 Å². The molecule has 0 amide bonds. The lowest BCUT2D eigenvalue weighted by atomic mass is 9.99. The molecule has 1 fully saturated rings. The van der Waals surface area contributed by atoms with Gasteiger partial charge in [-0.15, -0.1) is 0 Å². The number of nitrogens with zero attached hydrogens (tertiary/aromatic N) is 1. The highest BCUT2D eigenvalue weighted by molar-refractivity contribution is 4.82. The third kappa shape index (κ3) is 4.06. The minimum atomic E-state index is 0.703. The molecule has 0 heterocycles. The van der Waals surface area contributed by atoms with Gasteiger partial charge in [-0.25, -0.2) is 0 Å². The minimum absolute atomic E-state index is 0.703. The Morgan fingerprint density at radius 3 is 2.56 bits per heavy atom. The summed E-state index contributed by atoms with van der Waals surface area (Å²) in [4.78, 5) is 2.63. The molecule has 0 aliphatic heterocycles. The van der Waals surface area contributed by atoms with E-state index in [0.29, 0.717) is 6.04 Å². The molecule has 0 aromatic rings. The van der Waals surface area contributed by atoms with E-state index in [0.717, 1.165) is 12.0 Å². The van der Waals surface area contributed by atoms with Crippen molar-refractivity contribution >= 4 is 0 Å². The fraction of sp³-hybridized carbons (Fsp3) is 1.00. The number of rotatable bonds is 7. The van der Waals surface area contributed by atoms with Gasteiger partial charge in [0.15, 0.2) is 0 Å². The standard InChI is InChI=1S/C14H30N2/c1-5-10-16(12(2)3)11-9-13-7-6-8-14(13)15-4/h12-15H,5-11H2,1-4H3. The van der Waals surface area contributed by atoms with Gasteiger partial charge in [-0.05, 0) is 65.6 Å². The molecule has 0 aromatic carbocycles. The van der Waals surface area contributed by atoms with Gasteiger partial charge in [0.1, 0.15) is 0 Å². The fourth-order valence-corrected chi connectivity index (χ4v) is 3.01. The Hall–Kier alpha value is -0.0800. The lowest BCUT2D eigenvalue weighted by Crippen LogP contribution is -2.36. The Bertz CT molecular complexity index is 178. The molecule has 2 heteroatoms. The van der Waals surface area contributed by atoms with Crippen LogP contribution in [0, 0.1) is 5.92 Å². The first kappa shape index (κ1) is 14.0. The molecule has 0 saturated heterocycles. The predicted octanol–water partition coefficient (Wildman–Crippen LogP) is 2.89. The van der Waals surface area contributed by atoms with Crippen LogP contribution in [0.1, 0.15) is 52.9 Å². The molecular formula is C14H30N2. The van der Waals surface area contributed by atoms with Crippen LogP contribution >= 0.6 is 0 Å². The van der Waals surface area contributed by atoms with Crippen LogP contribution in [0.15, 0.2) is 0 Å². The molecule has 0 aromatic heterocycles. The summed E-state index contributed by atoms with van der Waals surface area (Å²) in [6.45, 7) is 9.46. The number of hydrogen-bond donors (Lipinski definition) is 1. The Balaban J connectivity index is 2.30. The summed E-state index contributed by atoms with van der Waals surface area (Å²) in [7, 11) is 2.12. The highest BCUT2D eigenvalue weighted by Crippen LogP contribution is 2.28. The summed E-state index contributed by atoms with van der Waals surface area (Å²) in [5.41, 5.74) is 0. The van der Waals surface area contributed by atoms with Crippen LogP contribution in [0.5, 0.6) is 0 Å². The third-order valence-electron chi connectivity index (χ3n) is 4.06. The first-order valence-corrected chi connectivity index (χ1v) is 7.10.